The van der Waals surface area contributed by atoms with E-state index in [1.165, 1.54) is 193 Å². The van der Waals surface area contributed by atoms with Crippen molar-refractivity contribution < 1.29 is 14.3 Å². The van der Waals surface area contributed by atoms with Crippen molar-refractivity contribution in [2.75, 3.05) is 13.7 Å². The molecule has 0 bridgehead atoms. The average Bonchev–Trinajstić information content (AvgIpc) is 3.16. The highest BCUT2D eigenvalue weighted by Gasteiger charge is 2.36. The molecule has 0 fully saturated rings. The molecule has 0 aliphatic heterocycles. The number of carbonyl (C=O) groups is 1. The first-order valence-corrected chi connectivity index (χ1v) is 26.1. The van der Waals surface area contributed by atoms with Crippen LogP contribution in [-0.4, -0.2) is 36.9 Å². The van der Waals surface area contributed by atoms with Crippen LogP contribution in [0.25, 0.3) is 0 Å². The maximum Gasteiger partial charge on any atom is 0.225 e. The highest BCUT2D eigenvalue weighted by molar-refractivity contribution is 5.82. The largest absolute Gasteiger partial charge is 0.379 e. The molecule has 58 heavy (non-hydrogen) atoms. The fourth-order valence-electron chi connectivity index (χ4n) is 8.95. The minimum atomic E-state index is -0.403. The van der Waals surface area contributed by atoms with Gasteiger partial charge in [0.15, 0.2) is 0 Å². The summed E-state index contributed by atoms with van der Waals surface area (Å²) in [5.74, 6) is 0.254. The lowest BCUT2D eigenvalue weighted by Gasteiger charge is -2.37. The van der Waals surface area contributed by atoms with Crippen molar-refractivity contribution >= 4 is 5.91 Å². The van der Waals surface area contributed by atoms with E-state index in [-0.39, 0.29) is 22.5 Å². The third-order valence-electron chi connectivity index (χ3n) is 13.3. The van der Waals surface area contributed by atoms with Gasteiger partial charge in [0, 0.05) is 18.6 Å². The molecule has 4 heteroatoms. The van der Waals surface area contributed by atoms with Crippen molar-refractivity contribution in [3.05, 3.63) is 0 Å². The smallest absolute Gasteiger partial charge is 0.225 e. The third kappa shape index (κ3) is 36.1. The number of unbranched alkanes of at least 4 members (excludes halogenated alkanes) is 28. The first-order chi connectivity index (χ1) is 27.6. The van der Waals surface area contributed by atoms with Gasteiger partial charge in [-0.2, -0.15) is 0 Å². The minimum absolute atomic E-state index is 0.0469. The van der Waals surface area contributed by atoms with Crippen molar-refractivity contribution in [3.63, 3.8) is 0 Å². The van der Waals surface area contributed by atoms with Crippen LogP contribution in [0.3, 0.4) is 0 Å². The molecule has 0 saturated carbocycles. The van der Waals surface area contributed by atoms with Gasteiger partial charge >= 0.3 is 0 Å². The normalized spacial score (nSPS) is 12.9. The third-order valence-corrected chi connectivity index (χ3v) is 13.3. The quantitative estimate of drug-likeness (QED) is 0.0623. The van der Waals surface area contributed by atoms with Crippen molar-refractivity contribution in [2.45, 2.75) is 318 Å². The average molecular weight is 820 g/mol. The molecule has 0 saturated heterocycles. The molecule has 0 aromatic heterocycles. The molecule has 0 unspecified atom stereocenters. The van der Waals surface area contributed by atoms with Gasteiger partial charge in [-0.1, -0.05) is 234 Å². The zero-order valence-electron chi connectivity index (χ0n) is 42.0. The molecule has 0 radical (unpaired) electrons. The number of methoxy groups -OCH3 is 1. The zero-order chi connectivity index (χ0) is 43.4. The van der Waals surface area contributed by atoms with E-state index in [4.69, 9.17) is 9.47 Å². The molecule has 4 nitrogen and oxygen atoms in total. The van der Waals surface area contributed by atoms with Gasteiger partial charge in [-0.3, -0.25) is 4.79 Å². The molecular weight excluding hydrogens is 711 g/mol. The van der Waals surface area contributed by atoms with Gasteiger partial charge in [-0.05, 0) is 71.6 Å². The van der Waals surface area contributed by atoms with E-state index in [1.807, 2.05) is 0 Å². The topological polar surface area (TPSA) is 47.6 Å². The van der Waals surface area contributed by atoms with Gasteiger partial charge < -0.3 is 14.8 Å². The van der Waals surface area contributed by atoms with Crippen LogP contribution >= 0.6 is 0 Å². The molecule has 0 aliphatic rings. The summed E-state index contributed by atoms with van der Waals surface area (Å²) >= 11 is 0. The minimum Gasteiger partial charge on any atom is -0.379 e. The van der Waals surface area contributed by atoms with Gasteiger partial charge in [-0.25, -0.2) is 0 Å². The van der Waals surface area contributed by atoms with Crippen LogP contribution in [0.15, 0.2) is 0 Å². The van der Waals surface area contributed by atoms with Crippen molar-refractivity contribution in [2.24, 2.45) is 10.8 Å². The van der Waals surface area contributed by atoms with E-state index in [0.29, 0.717) is 12.6 Å². The Morgan fingerprint density at radius 2 is 0.776 bits per heavy atom. The van der Waals surface area contributed by atoms with Crippen LogP contribution in [0, 0.1) is 10.8 Å². The standard InChI is InChI=1S/C54H109NO3/c1-12-14-16-18-20-22-24-26-28-30-32-34-36-38-40-42-49(43-41-39-37-35-33-31-29-27-25-23-21-19-17-15-13-2)55-50(56)52(5,6)48-51(3,4)44-45-54(9,10)58-47-46-53(7,8)57-11/h49H,12-48H2,1-11H3,(H,55,56). The van der Waals surface area contributed by atoms with Gasteiger partial charge in [0.1, 0.15) is 0 Å². The van der Waals surface area contributed by atoms with Gasteiger partial charge in [0.25, 0.3) is 0 Å². The molecule has 0 spiro atoms. The molecule has 1 amide bonds. The molecular formula is C54H109NO3. The van der Waals surface area contributed by atoms with Gasteiger partial charge in [-0.15, -0.1) is 0 Å². The Morgan fingerprint density at radius 1 is 0.448 bits per heavy atom. The summed E-state index contributed by atoms with van der Waals surface area (Å²) in [4.78, 5) is 14.0. The SMILES string of the molecule is CCCCCCCCCCCCCCCCCC(CCCCCCCCCCCCCCCCC)NC(=O)C(C)(C)CC(C)(C)CCC(C)(C)OCCC(C)(C)OC. The van der Waals surface area contributed by atoms with Crippen LogP contribution in [0.1, 0.15) is 300 Å². The monoisotopic (exact) mass is 820 g/mol. The Morgan fingerprint density at radius 3 is 1.10 bits per heavy atom. The lowest BCUT2D eigenvalue weighted by atomic mass is 9.71. The lowest BCUT2D eigenvalue weighted by Crippen LogP contribution is -2.45. The summed E-state index contributed by atoms with van der Waals surface area (Å²) < 4.78 is 11.9. The van der Waals surface area contributed by atoms with E-state index in [0.717, 1.165) is 38.5 Å². The summed E-state index contributed by atoms with van der Waals surface area (Å²) in [6, 6.07) is 0.308. The fraction of sp³-hybridized carbons (Fsp3) is 0.981. The Kier molecular flexibility index (Phi) is 35.6. The summed E-state index contributed by atoms with van der Waals surface area (Å²) in [7, 11) is 1.77. The second kappa shape index (κ2) is 35.9. The first kappa shape index (κ1) is 57.4. The fourth-order valence-corrected chi connectivity index (χ4v) is 8.95. The number of hydrogen-bond acceptors (Lipinski definition) is 3. The van der Waals surface area contributed by atoms with E-state index in [9.17, 15) is 4.79 Å². The Bertz CT molecular complexity index is 874. The molecule has 348 valence electrons. The highest BCUT2D eigenvalue weighted by Crippen LogP contribution is 2.39. The van der Waals surface area contributed by atoms with E-state index < -0.39 is 5.41 Å². The van der Waals surface area contributed by atoms with E-state index in [2.05, 4.69) is 74.6 Å². The van der Waals surface area contributed by atoms with E-state index >= 15 is 0 Å². The molecule has 0 aromatic rings. The summed E-state index contributed by atoms with van der Waals surface area (Å²) in [5.41, 5.74) is -0.716. The Hall–Kier alpha value is -0.610. The summed E-state index contributed by atoms with van der Waals surface area (Å²) in [6.45, 7) is 23.0. The number of ether oxygens (including phenoxy) is 2. The highest BCUT2D eigenvalue weighted by atomic mass is 16.5. The van der Waals surface area contributed by atoms with Crippen LogP contribution in [-0.2, 0) is 14.3 Å². The Labute approximate surface area is 366 Å². The maximum absolute atomic E-state index is 14.0. The number of rotatable bonds is 44. The van der Waals surface area contributed by atoms with Crippen LogP contribution in [0.2, 0.25) is 0 Å². The van der Waals surface area contributed by atoms with E-state index in [1.54, 1.807) is 7.11 Å². The van der Waals surface area contributed by atoms with Crippen molar-refractivity contribution in [1.82, 2.24) is 5.32 Å². The van der Waals surface area contributed by atoms with Gasteiger partial charge in [0.05, 0.1) is 17.8 Å². The summed E-state index contributed by atoms with van der Waals surface area (Å²) in [5, 5.41) is 3.62. The molecule has 0 aromatic carbocycles. The first-order valence-electron chi connectivity index (χ1n) is 26.1. The van der Waals surface area contributed by atoms with Crippen LogP contribution in [0.5, 0.6) is 0 Å². The molecule has 0 rings (SSSR count). The lowest BCUT2D eigenvalue weighted by molar-refractivity contribution is -0.132. The maximum atomic E-state index is 14.0. The number of hydrogen-bond donors (Lipinski definition) is 1. The second-order valence-corrected chi connectivity index (χ2v) is 21.7. The zero-order valence-corrected chi connectivity index (χ0v) is 42.0. The molecule has 0 atom stereocenters. The molecule has 1 N–H and O–H groups in total. The van der Waals surface area contributed by atoms with Crippen molar-refractivity contribution in [1.29, 1.82) is 0 Å². The summed E-state index contributed by atoms with van der Waals surface area (Å²) in [6.07, 6.45) is 47.8. The van der Waals surface area contributed by atoms with Gasteiger partial charge in [0.2, 0.25) is 5.91 Å². The predicted octanol–water partition coefficient (Wildman–Crippen LogP) is 17.8. The molecule has 0 heterocycles. The van der Waals surface area contributed by atoms with Crippen LogP contribution < -0.4 is 5.32 Å². The second-order valence-electron chi connectivity index (χ2n) is 21.7. The van der Waals surface area contributed by atoms with Crippen molar-refractivity contribution in [3.8, 4) is 0 Å². The van der Waals surface area contributed by atoms with Crippen LogP contribution in [0.4, 0.5) is 0 Å². The number of nitrogens with one attached hydrogen (secondary N) is 1. The predicted molar refractivity (Wildman–Crippen MR) is 258 cm³/mol. The number of amides is 1. The Balaban J connectivity index is 4.75. The molecule has 0 aliphatic carbocycles. The number of carbonyl (C=O) groups excluding carboxylic acids is 1.